The molecule has 0 bridgehead atoms. The first-order valence-corrected chi connectivity index (χ1v) is 10.6. The van der Waals surface area contributed by atoms with Gasteiger partial charge in [-0.05, 0) is 26.8 Å². The topological polar surface area (TPSA) is 146 Å². The van der Waals surface area contributed by atoms with Crippen molar-refractivity contribution in [2.45, 2.75) is 33.6 Å². The Morgan fingerprint density at radius 3 is 2.53 bits per heavy atom. The van der Waals surface area contributed by atoms with Crippen molar-refractivity contribution >= 4 is 45.6 Å². The van der Waals surface area contributed by atoms with Gasteiger partial charge < -0.3 is 20.3 Å². The Balaban J connectivity index is 0.000000414. The first kappa shape index (κ1) is 25.0. The molecule has 0 radical (unpaired) electrons. The standard InChI is InChI=1S/C14H17NO5S.C5H6N2OS/c1-4-12-10(14(19)9(3)15-21(12)20)7-8(2)11(16)5-6-13(17)18;1-4-2-6-5(9-4)7-3-8/h4,7,15,19H,2,5-6H2,1,3H3,(H,17,18);2-3H,1H3,(H,6,7,8)/b10-7+,12-4+;. The van der Waals surface area contributed by atoms with Crippen molar-refractivity contribution in [2.75, 3.05) is 5.32 Å². The third-order valence-corrected chi connectivity index (χ3v) is 5.82. The van der Waals surface area contributed by atoms with Crippen LogP contribution in [0.15, 0.2) is 52.4 Å². The van der Waals surface area contributed by atoms with E-state index in [9.17, 15) is 23.7 Å². The fourth-order valence-electron chi connectivity index (χ4n) is 2.17. The Kier molecular flexibility index (Phi) is 9.85. The van der Waals surface area contributed by atoms with Gasteiger partial charge in [0, 0.05) is 28.6 Å². The van der Waals surface area contributed by atoms with Gasteiger partial charge in [0.05, 0.1) is 17.0 Å². The normalized spacial score (nSPS) is 18.3. The van der Waals surface area contributed by atoms with Crippen molar-refractivity contribution in [1.29, 1.82) is 0 Å². The summed E-state index contributed by atoms with van der Waals surface area (Å²) in [5.74, 6) is -1.62. The molecule has 0 aromatic carbocycles. The zero-order valence-electron chi connectivity index (χ0n) is 16.7. The van der Waals surface area contributed by atoms with Crippen LogP contribution < -0.4 is 10.0 Å². The number of amides is 1. The smallest absolute Gasteiger partial charge is 0.303 e. The number of aromatic nitrogens is 1. The molecule has 1 aromatic heterocycles. The van der Waals surface area contributed by atoms with Crippen LogP contribution in [0.1, 0.15) is 31.6 Å². The number of carboxylic acids is 1. The maximum atomic E-state index is 11.9. The number of rotatable bonds is 7. The van der Waals surface area contributed by atoms with Crippen LogP contribution >= 0.6 is 11.3 Å². The summed E-state index contributed by atoms with van der Waals surface area (Å²) in [6, 6.07) is 0. The van der Waals surface area contributed by atoms with Crippen molar-refractivity contribution in [3.05, 3.63) is 57.3 Å². The Labute approximate surface area is 180 Å². The van der Waals surface area contributed by atoms with Crippen molar-refractivity contribution in [3.8, 4) is 0 Å². The number of thiazole rings is 1. The average molecular weight is 454 g/mol. The number of carbonyl (C=O) groups excluding carboxylic acids is 2. The molecule has 0 saturated carbocycles. The SMILES string of the molecule is C=C(/C=C1/C(O)=C(C)NS(=O)/C1=C/C)C(=O)CCC(=O)O.Cc1cnc(NC=O)s1. The second-order valence-corrected chi connectivity index (χ2v) is 8.35. The van der Waals surface area contributed by atoms with Crippen LogP contribution in [0, 0.1) is 6.92 Å². The summed E-state index contributed by atoms with van der Waals surface area (Å²) in [4.78, 5) is 37.4. The summed E-state index contributed by atoms with van der Waals surface area (Å²) < 4.78 is 14.5. The van der Waals surface area contributed by atoms with E-state index in [0.717, 1.165) is 4.88 Å². The highest BCUT2D eigenvalue weighted by molar-refractivity contribution is 7.87. The first-order chi connectivity index (χ1) is 14.1. The van der Waals surface area contributed by atoms with Gasteiger partial charge in [0.2, 0.25) is 6.41 Å². The number of hydrogen-bond acceptors (Lipinski definition) is 7. The molecule has 162 valence electrons. The third-order valence-electron chi connectivity index (χ3n) is 3.63. The Hall–Kier alpha value is -3.05. The van der Waals surface area contributed by atoms with Gasteiger partial charge in [-0.15, -0.1) is 11.3 Å². The third kappa shape index (κ3) is 7.41. The summed E-state index contributed by atoms with van der Waals surface area (Å²) in [6.07, 6.45) is 4.78. The number of nitrogens with one attached hydrogen (secondary N) is 2. The van der Waals surface area contributed by atoms with Gasteiger partial charge in [-0.3, -0.25) is 14.4 Å². The second kappa shape index (κ2) is 11.8. The number of hydrogen-bond donors (Lipinski definition) is 4. The van der Waals surface area contributed by atoms with Gasteiger partial charge in [0.1, 0.15) is 5.76 Å². The first-order valence-electron chi connectivity index (χ1n) is 8.64. The van der Waals surface area contributed by atoms with Crippen LogP contribution in [-0.4, -0.2) is 37.6 Å². The van der Waals surface area contributed by atoms with Gasteiger partial charge in [0.25, 0.3) is 0 Å². The van der Waals surface area contributed by atoms with E-state index >= 15 is 0 Å². The zero-order chi connectivity index (χ0) is 22.8. The molecule has 0 saturated heterocycles. The molecule has 9 nitrogen and oxygen atoms in total. The van der Waals surface area contributed by atoms with Crippen LogP contribution in [0.5, 0.6) is 0 Å². The lowest BCUT2D eigenvalue weighted by molar-refractivity contribution is -0.138. The second-order valence-electron chi connectivity index (χ2n) is 5.94. The highest BCUT2D eigenvalue weighted by atomic mass is 32.2. The van der Waals surface area contributed by atoms with E-state index in [1.165, 1.54) is 17.4 Å². The van der Waals surface area contributed by atoms with E-state index < -0.39 is 22.7 Å². The van der Waals surface area contributed by atoms with E-state index in [4.69, 9.17) is 5.11 Å². The van der Waals surface area contributed by atoms with E-state index in [0.29, 0.717) is 22.1 Å². The lowest BCUT2D eigenvalue weighted by Crippen LogP contribution is -2.25. The number of aryl methyl sites for hydroxylation is 1. The Bertz CT molecular complexity index is 959. The average Bonchev–Trinajstić information content (AvgIpc) is 3.09. The molecule has 1 aliphatic heterocycles. The van der Waals surface area contributed by atoms with Crippen molar-refractivity contribution in [3.63, 3.8) is 0 Å². The minimum absolute atomic E-state index is 0.0591. The predicted octanol–water partition coefficient (Wildman–Crippen LogP) is 2.88. The van der Waals surface area contributed by atoms with Crippen LogP contribution in [0.4, 0.5) is 5.13 Å². The molecule has 11 heteroatoms. The molecule has 0 spiro atoms. The van der Waals surface area contributed by atoms with Crippen LogP contribution in [0.2, 0.25) is 0 Å². The summed E-state index contributed by atoms with van der Waals surface area (Å²) in [6.45, 7) is 8.74. The van der Waals surface area contributed by atoms with Crippen molar-refractivity contribution in [1.82, 2.24) is 9.71 Å². The Morgan fingerprint density at radius 2 is 2.03 bits per heavy atom. The maximum Gasteiger partial charge on any atom is 0.303 e. The highest BCUT2D eigenvalue weighted by Gasteiger charge is 2.24. The van der Waals surface area contributed by atoms with Crippen LogP contribution in [0.25, 0.3) is 0 Å². The molecule has 1 unspecified atom stereocenters. The molecule has 1 amide bonds. The largest absolute Gasteiger partial charge is 0.505 e. The van der Waals surface area contributed by atoms with Gasteiger partial charge >= 0.3 is 5.97 Å². The summed E-state index contributed by atoms with van der Waals surface area (Å²) in [5, 5.41) is 21.7. The molecule has 0 aliphatic carbocycles. The molecular weight excluding hydrogens is 430 g/mol. The Morgan fingerprint density at radius 1 is 1.37 bits per heavy atom. The molecule has 30 heavy (non-hydrogen) atoms. The predicted molar refractivity (Wildman–Crippen MR) is 116 cm³/mol. The quantitative estimate of drug-likeness (QED) is 0.367. The van der Waals surface area contributed by atoms with E-state index in [1.54, 1.807) is 26.1 Å². The number of Topliss-reactive ketones (excluding diaryl/α,β-unsaturated/α-hetero) is 1. The summed E-state index contributed by atoms with van der Waals surface area (Å²) in [7, 11) is -1.52. The van der Waals surface area contributed by atoms with E-state index in [-0.39, 0.29) is 29.7 Å². The number of ketones is 1. The molecule has 1 aliphatic rings. The zero-order valence-corrected chi connectivity index (χ0v) is 18.4. The molecule has 0 fully saturated rings. The maximum absolute atomic E-state index is 11.9. The van der Waals surface area contributed by atoms with E-state index in [2.05, 4.69) is 21.6 Å². The highest BCUT2D eigenvalue weighted by Crippen LogP contribution is 2.28. The van der Waals surface area contributed by atoms with Crippen LogP contribution in [0.3, 0.4) is 0 Å². The summed E-state index contributed by atoms with van der Waals surface area (Å²) in [5.41, 5.74) is 0.639. The van der Waals surface area contributed by atoms with Crippen LogP contribution in [-0.2, 0) is 25.4 Å². The monoisotopic (exact) mass is 453 g/mol. The number of carbonyl (C=O) groups is 3. The number of allylic oxidation sites excluding steroid dienone is 5. The lowest BCUT2D eigenvalue weighted by Gasteiger charge is -2.20. The number of aliphatic carboxylic acids is 1. The lowest BCUT2D eigenvalue weighted by atomic mass is 10.0. The number of nitrogens with zero attached hydrogens (tertiary/aromatic N) is 1. The summed E-state index contributed by atoms with van der Waals surface area (Å²) >= 11 is 1.46. The molecular formula is C19H23N3O6S2. The van der Waals surface area contributed by atoms with Gasteiger partial charge in [0.15, 0.2) is 21.9 Å². The fourth-order valence-corrected chi connectivity index (χ4v) is 3.85. The molecule has 2 rings (SSSR count). The van der Waals surface area contributed by atoms with E-state index in [1.807, 2.05) is 6.92 Å². The van der Waals surface area contributed by atoms with Crippen molar-refractivity contribution < 1.29 is 28.8 Å². The fraction of sp³-hybridized carbons (Fsp3) is 0.263. The molecule has 1 atom stereocenters. The number of anilines is 1. The van der Waals surface area contributed by atoms with Gasteiger partial charge in [-0.25, -0.2) is 9.19 Å². The molecule has 2 heterocycles. The minimum atomic E-state index is -1.52. The molecule has 1 aromatic rings. The van der Waals surface area contributed by atoms with Gasteiger partial charge in [-0.2, -0.15) is 0 Å². The minimum Gasteiger partial charge on any atom is -0.505 e. The van der Waals surface area contributed by atoms with Gasteiger partial charge in [-0.1, -0.05) is 12.7 Å². The number of carboxylic acid groups (broad SMARTS) is 1. The number of aliphatic hydroxyl groups excluding tert-OH is 1. The number of aliphatic hydroxyl groups is 1. The van der Waals surface area contributed by atoms with Crippen molar-refractivity contribution in [2.24, 2.45) is 0 Å². The molecule has 4 N–H and O–H groups in total.